The van der Waals surface area contributed by atoms with Gasteiger partial charge in [0, 0.05) is 25.1 Å². The second-order valence-corrected chi connectivity index (χ2v) is 2.85. The lowest BCUT2D eigenvalue weighted by molar-refractivity contribution is 0.102. The van der Waals surface area contributed by atoms with E-state index in [1.165, 1.54) is 6.20 Å². The minimum absolute atomic E-state index is 0.106. The molecule has 0 saturated heterocycles. The lowest BCUT2D eigenvalue weighted by Crippen LogP contribution is -2.09. The van der Waals surface area contributed by atoms with Gasteiger partial charge in [-0.2, -0.15) is 5.10 Å². The number of aromatic amines is 1. The third-order valence-electron chi connectivity index (χ3n) is 2.02. The molecule has 2 rings (SSSR count). The number of H-pyrrole nitrogens is 1. The fourth-order valence-electron chi connectivity index (χ4n) is 1.28. The molecule has 0 atom stereocenters. The van der Waals surface area contributed by atoms with Crippen molar-refractivity contribution in [1.82, 2.24) is 19.7 Å². The fraction of sp³-hybridized carbons (Fsp3) is 0.222. The van der Waals surface area contributed by atoms with Gasteiger partial charge in [0.25, 0.3) is 0 Å². The first-order chi connectivity index (χ1) is 6.83. The molecule has 0 bridgehead atoms. The molecule has 2 heterocycles. The van der Waals surface area contributed by atoms with Gasteiger partial charge in [0.15, 0.2) is 5.82 Å². The molecule has 5 heteroatoms. The van der Waals surface area contributed by atoms with Gasteiger partial charge in [0.1, 0.15) is 0 Å². The van der Waals surface area contributed by atoms with Crippen LogP contribution in [-0.4, -0.2) is 25.5 Å². The number of aromatic nitrogens is 4. The van der Waals surface area contributed by atoms with Gasteiger partial charge in [0.05, 0.1) is 11.8 Å². The predicted octanol–water partition coefficient (Wildman–Crippen LogP) is 0.857. The van der Waals surface area contributed by atoms with Crippen molar-refractivity contribution >= 4 is 5.78 Å². The number of imidazole rings is 1. The van der Waals surface area contributed by atoms with E-state index >= 15 is 0 Å². The maximum atomic E-state index is 11.8. The van der Waals surface area contributed by atoms with Crippen LogP contribution in [0.3, 0.4) is 0 Å². The molecule has 0 aromatic carbocycles. The summed E-state index contributed by atoms with van der Waals surface area (Å²) in [5.74, 6) is 0.347. The maximum absolute atomic E-state index is 11.8. The monoisotopic (exact) mass is 190 g/mol. The van der Waals surface area contributed by atoms with E-state index in [9.17, 15) is 4.79 Å². The van der Waals surface area contributed by atoms with Crippen LogP contribution in [0.2, 0.25) is 0 Å². The van der Waals surface area contributed by atoms with Crippen molar-refractivity contribution in [1.29, 1.82) is 0 Å². The maximum Gasteiger partial charge on any atom is 0.231 e. The molecule has 2 aromatic heterocycles. The third kappa shape index (κ3) is 1.32. The number of carbonyl (C=O) groups is 1. The minimum atomic E-state index is -0.106. The Bertz CT molecular complexity index is 429. The zero-order valence-electron chi connectivity index (χ0n) is 7.77. The molecule has 0 unspecified atom stereocenters. The average molecular weight is 190 g/mol. The number of hydrogen-bond acceptors (Lipinski definition) is 3. The molecule has 0 fully saturated rings. The number of nitrogens with zero attached hydrogens (tertiary/aromatic N) is 3. The molecular weight excluding hydrogens is 180 g/mol. The van der Waals surface area contributed by atoms with Gasteiger partial charge >= 0.3 is 0 Å². The summed E-state index contributed by atoms with van der Waals surface area (Å²) in [6.45, 7) is 2.70. The van der Waals surface area contributed by atoms with Crippen LogP contribution < -0.4 is 0 Å². The first kappa shape index (κ1) is 8.68. The second kappa shape index (κ2) is 3.45. The molecule has 5 nitrogen and oxygen atoms in total. The largest absolute Gasteiger partial charge is 0.328 e. The van der Waals surface area contributed by atoms with Crippen molar-refractivity contribution in [2.75, 3.05) is 0 Å². The Morgan fingerprint density at radius 1 is 1.64 bits per heavy atom. The summed E-state index contributed by atoms with van der Waals surface area (Å²) in [5, 5.41) is 6.33. The number of carbonyl (C=O) groups excluding carboxylic acids is 1. The fourth-order valence-corrected chi connectivity index (χ4v) is 1.28. The predicted molar refractivity (Wildman–Crippen MR) is 49.9 cm³/mol. The van der Waals surface area contributed by atoms with E-state index in [1.54, 1.807) is 23.2 Å². The summed E-state index contributed by atoms with van der Waals surface area (Å²) in [6, 6.07) is 0. The van der Waals surface area contributed by atoms with Crippen LogP contribution in [0.1, 0.15) is 23.1 Å². The van der Waals surface area contributed by atoms with Crippen LogP contribution in [0.4, 0.5) is 0 Å². The quantitative estimate of drug-likeness (QED) is 0.730. The lowest BCUT2D eigenvalue weighted by atomic mass is 10.2. The van der Waals surface area contributed by atoms with E-state index < -0.39 is 0 Å². The zero-order valence-corrected chi connectivity index (χ0v) is 7.77. The van der Waals surface area contributed by atoms with Gasteiger partial charge in [0.2, 0.25) is 5.78 Å². The summed E-state index contributed by atoms with van der Waals surface area (Å²) >= 11 is 0. The number of hydrogen-bond donors (Lipinski definition) is 1. The average Bonchev–Trinajstić information content (AvgIpc) is 2.87. The van der Waals surface area contributed by atoms with Crippen molar-refractivity contribution in [3.05, 3.63) is 36.2 Å². The molecule has 14 heavy (non-hydrogen) atoms. The molecule has 0 aliphatic rings. The van der Waals surface area contributed by atoms with Crippen molar-refractivity contribution < 1.29 is 4.79 Å². The number of nitrogens with one attached hydrogen (secondary N) is 1. The van der Waals surface area contributed by atoms with E-state index in [0.29, 0.717) is 11.4 Å². The van der Waals surface area contributed by atoms with E-state index in [0.717, 1.165) is 6.54 Å². The van der Waals surface area contributed by atoms with Crippen molar-refractivity contribution in [3.8, 4) is 0 Å². The van der Waals surface area contributed by atoms with Crippen molar-refractivity contribution in [2.24, 2.45) is 0 Å². The Hall–Kier alpha value is -1.91. The standard InChI is InChI=1S/C9H10N4O/c1-2-13-4-3-10-9(13)8(14)7-5-11-12-6-7/h3-6H,2H2,1H3,(H,11,12). The highest BCUT2D eigenvalue weighted by atomic mass is 16.1. The van der Waals surface area contributed by atoms with Gasteiger partial charge in [-0.15, -0.1) is 0 Å². The summed E-state index contributed by atoms with van der Waals surface area (Å²) < 4.78 is 1.80. The molecule has 0 amide bonds. The highest BCUT2D eigenvalue weighted by Gasteiger charge is 2.14. The molecule has 0 spiro atoms. The molecule has 72 valence electrons. The Balaban J connectivity index is 2.36. The van der Waals surface area contributed by atoms with Crippen LogP contribution in [-0.2, 0) is 6.54 Å². The van der Waals surface area contributed by atoms with Gasteiger partial charge in [-0.25, -0.2) is 4.98 Å². The topological polar surface area (TPSA) is 63.6 Å². The smallest absolute Gasteiger partial charge is 0.231 e. The van der Waals surface area contributed by atoms with Gasteiger partial charge in [-0.3, -0.25) is 9.89 Å². The first-order valence-electron chi connectivity index (χ1n) is 4.37. The molecule has 0 aliphatic carbocycles. The molecule has 2 aromatic rings. The van der Waals surface area contributed by atoms with Gasteiger partial charge in [-0.05, 0) is 6.92 Å². The molecular formula is C9H10N4O. The van der Waals surface area contributed by atoms with E-state index in [-0.39, 0.29) is 5.78 Å². The molecule has 0 aliphatic heterocycles. The molecule has 0 saturated carbocycles. The third-order valence-corrected chi connectivity index (χ3v) is 2.02. The van der Waals surface area contributed by atoms with Gasteiger partial charge in [-0.1, -0.05) is 0 Å². The highest BCUT2D eigenvalue weighted by molar-refractivity contribution is 6.06. The van der Waals surface area contributed by atoms with Crippen molar-refractivity contribution in [2.45, 2.75) is 13.5 Å². The van der Waals surface area contributed by atoms with Crippen LogP contribution >= 0.6 is 0 Å². The summed E-state index contributed by atoms with van der Waals surface area (Å²) in [7, 11) is 0. The number of ketones is 1. The van der Waals surface area contributed by atoms with Crippen LogP contribution in [0, 0.1) is 0 Å². The van der Waals surface area contributed by atoms with Crippen LogP contribution in [0.5, 0.6) is 0 Å². The zero-order chi connectivity index (χ0) is 9.97. The minimum Gasteiger partial charge on any atom is -0.328 e. The molecule has 0 radical (unpaired) electrons. The Labute approximate surface area is 80.8 Å². The summed E-state index contributed by atoms with van der Waals surface area (Å²) in [6.07, 6.45) is 6.47. The Morgan fingerprint density at radius 3 is 3.14 bits per heavy atom. The number of aryl methyl sites for hydroxylation is 1. The van der Waals surface area contributed by atoms with Gasteiger partial charge < -0.3 is 4.57 Å². The highest BCUT2D eigenvalue weighted by Crippen LogP contribution is 2.05. The Kier molecular flexibility index (Phi) is 2.14. The van der Waals surface area contributed by atoms with Crippen molar-refractivity contribution in [3.63, 3.8) is 0 Å². The second-order valence-electron chi connectivity index (χ2n) is 2.85. The number of rotatable bonds is 3. The normalized spacial score (nSPS) is 10.4. The Morgan fingerprint density at radius 2 is 2.50 bits per heavy atom. The van der Waals surface area contributed by atoms with Crippen LogP contribution in [0.15, 0.2) is 24.8 Å². The van der Waals surface area contributed by atoms with E-state index in [4.69, 9.17) is 0 Å². The summed E-state index contributed by atoms with van der Waals surface area (Å²) in [5.41, 5.74) is 0.533. The van der Waals surface area contributed by atoms with E-state index in [2.05, 4.69) is 15.2 Å². The SMILES string of the molecule is CCn1ccnc1C(=O)c1cn[nH]c1. The first-order valence-corrected chi connectivity index (χ1v) is 4.37. The summed E-state index contributed by atoms with van der Waals surface area (Å²) in [4.78, 5) is 15.8. The molecule has 1 N–H and O–H groups in total. The lowest BCUT2D eigenvalue weighted by Gasteiger charge is -2.00. The van der Waals surface area contributed by atoms with E-state index in [1.807, 2.05) is 6.92 Å². The van der Waals surface area contributed by atoms with Crippen LogP contribution in [0.25, 0.3) is 0 Å².